The van der Waals surface area contributed by atoms with E-state index in [0.29, 0.717) is 22.2 Å². The highest BCUT2D eigenvalue weighted by Gasteiger charge is 2.59. The van der Waals surface area contributed by atoms with Gasteiger partial charge in [0.2, 0.25) is 0 Å². The maximum atomic E-state index is 6.42. The molecule has 2 aromatic carbocycles. The Morgan fingerprint density at radius 1 is 0.725 bits per heavy atom. The number of allylic oxidation sites excluding steroid dienone is 1. The number of hydrogen-bond acceptors (Lipinski definition) is 5. The highest BCUT2D eigenvalue weighted by atomic mass is 16.5. The van der Waals surface area contributed by atoms with Crippen molar-refractivity contribution < 1.29 is 4.74 Å². The molecule has 0 aliphatic heterocycles. The van der Waals surface area contributed by atoms with Gasteiger partial charge in [-0.3, -0.25) is 0 Å². The lowest BCUT2D eigenvalue weighted by Gasteiger charge is -2.58. The van der Waals surface area contributed by atoms with Gasteiger partial charge in [-0.1, -0.05) is 135 Å². The molecule has 4 aliphatic carbocycles. The van der Waals surface area contributed by atoms with Crippen LogP contribution >= 0.6 is 0 Å². The zero-order valence-corrected chi connectivity index (χ0v) is 34.4. The molecule has 0 radical (unpaired) electrons. The van der Waals surface area contributed by atoms with Crippen molar-refractivity contribution in [2.24, 2.45) is 57.8 Å². The van der Waals surface area contributed by atoms with Crippen LogP contribution < -0.4 is 27.7 Å². The minimum Gasteiger partial charge on any atom is -0.490 e. The van der Waals surface area contributed by atoms with Crippen LogP contribution in [0.4, 0.5) is 11.4 Å². The van der Waals surface area contributed by atoms with Crippen LogP contribution in [0.25, 0.3) is 0 Å². The molecule has 8 N–H and O–H groups in total. The molecule has 6 rings (SSSR count). The molecule has 0 spiro atoms. The molecule has 51 heavy (non-hydrogen) atoms. The Bertz CT molecular complexity index is 1200. The van der Waals surface area contributed by atoms with E-state index in [1.165, 1.54) is 91.1 Å². The molecule has 290 valence electrons. The second kappa shape index (κ2) is 22.5. The molecular formula is C46H80N4O. The first-order valence-electron chi connectivity index (χ1n) is 20.7. The Morgan fingerprint density at radius 3 is 1.84 bits per heavy atom. The van der Waals surface area contributed by atoms with E-state index in [4.69, 9.17) is 16.2 Å². The molecule has 0 aromatic heterocycles. The molecule has 5 heteroatoms. The average Bonchev–Trinajstić information content (AvgIpc) is 3.48. The Hall–Kier alpha value is -2.50. The summed E-state index contributed by atoms with van der Waals surface area (Å²) in [7, 11) is 3.00. The molecule has 0 bridgehead atoms. The van der Waals surface area contributed by atoms with E-state index >= 15 is 0 Å². The number of benzene rings is 2. The molecular weight excluding hydrogens is 625 g/mol. The lowest BCUT2D eigenvalue weighted by atomic mass is 9.47. The molecule has 8 atom stereocenters. The van der Waals surface area contributed by atoms with E-state index in [2.05, 4.69) is 66.0 Å². The number of fused-ring (bicyclic) bond motifs is 5. The summed E-state index contributed by atoms with van der Waals surface area (Å²) in [5.41, 5.74) is 25.0. The van der Waals surface area contributed by atoms with Crippen molar-refractivity contribution in [3.63, 3.8) is 0 Å². The molecule has 0 saturated heterocycles. The van der Waals surface area contributed by atoms with Crippen molar-refractivity contribution in [3.8, 4) is 5.75 Å². The van der Waals surface area contributed by atoms with Crippen LogP contribution in [0.15, 0.2) is 66.2 Å². The van der Waals surface area contributed by atoms with Gasteiger partial charge in [0, 0.05) is 29.9 Å². The van der Waals surface area contributed by atoms with Crippen molar-refractivity contribution in [1.82, 2.24) is 0 Å². The fourth-order valence-corrected chi connectivity index (χ4v) is 10.4. The number of unbranched alkanes of at least 4 members (excludes halogenated alkanes) is 2. The summed E-state index contributed by atoms with van der Waals surface area (Å²) in [4.78, 5) is 0. The first-order valence-corrected chi connectivity index (χ1v) is 20.7. The number of nitrogen functional groups attached to an aromatic ring is 2. The van der Waals surface area contributed by atoms with Gasteiger partial charge >= 0.3 is 0 Å². The first-order chi connectivity index (χ1) is 24.5. The Balaban J connectivity index is 0.000000507. The lowest BCUT2D eigenvalue weighted by molar-refractivity contribution is -0.0559. The van der Waals surface area contributed by atoms with Gasteiger partial charge in [-0.05, 0) is 111 Å². The van der Waals surface area contributed by atoms with E-state index in [-0.39, 0.29) is 6.10 Å². The number of anilines is 2. The molecule has 0 amide bonds. The van der Waals surface area contributed by atoms with E-state index in [1.807, 2.05) is 48.5 Å². The van der Waals surface area contributed by atoms with Crippen LogP contribution in [0.1, 0.15) is 138 Å². The van der Waals surface area contributed by atoms with Gasteiger partial charge in [0.25, 0.3) is 0 Å². The molecule has 0 heterocycles. The second-order valence-electron chi connectivity index (χ2n) is 16.6. The van der Waals surface area contributed by atoms with Crippen molar-refractivity contribution in [1.29, 1.82) is 0 Å². The Morgan fingerprint density at radius 2 is 1.31 bits per heavy atom. The van der Waals surface area contributed by atoms with Crippen LogP contribution in [-0.2, 0) is 0 Å². The summed E-state index contributed by atoms with van der Waals surface area (Å²) >= 11 is 0. The topological polar surface area (TPSA) is 113 Å². The largest absolute Gasteiger partial charge is 0.490 e. The van der Waals surface area contributed by atoms with Crippen molar-refractivity contribution in [2.45, 2.75) is 144 Å². The van der Waals surface area contributed by atoms with Crippen molar-refractivity contribution >= 4 is 11.4 Å². The maximum absolute atomic E-state index is 6.42. The summed E-state index contributed by atoms with van der Waals surface area (Å²) in [6, 6.07) is 17.6. The molecule has 3 fully saturated rings. The van der Waals surface area contributed by atoms with Crippen LogP contribution in [-0.4, -0.2) is 20.2 Å². The SMILES string of the molecule is CC(C)CCCC(C)C1CCC2C3CC=C4CC(Oc5cc(N)cc(N)c5)CCC4(C)C3CCC12C.CCCCC.CN.CN.c1ccccc1. The summed E-state index contributed by atoms with van der Waals surface area (Å²) in [5.74, 6) is 6.15. The fourth-order valence-electron chi connectivity index (χ4n) is 10.4. The van der Waals surface area contributed by atoms with Crippen LogP contribution in [0.3, 0.4) is 0 Å². The second-order valence-corrected chi connectivity index (χ2v) is 16.6. The van der Waals surface area contributed by atoms with E-state index in [1.54, 1.807) is 11.6 Å². The van der Waals surface area contributed by atoms with Gasteiger partial charge < -0.3 is 27.7 Å². The van der Waals surface area contributed by atoms with E-state index < -0.39 is 0 Å². The predicted molar refractivity (Wildman–Crippen MR) is 225 cm³/mol. The molecule has 4 aliphatic rings. The third kappa shape index (κ3) is 12.3. The number of rotatable bonds is 9. The van der Waals surface area contributed by atoms with Crippen molar-refractivity contribution in [2.75, 3.05) is 25.6 Å². The minimum absolute atomic E-state index is 0.235. The Kier molecular flexibility index (Phi) is 19.7. The minimum atomic E-state index is 0.235. The van der Waals surface area contributed by atoms with Gasteiger partial charge in [-0.25, -0.2) is 0 Å². The van der Waals surface area contributed by atoms with Gasteiger partial charge in [0.1, 0.15) is 11.9 Å². The average molecular weight is 705 g/mol. The highest BCUT2D eigenvalue weighted by Crippen LogP contribution is 2.67. The summed E-state index contributed by atoms with van der Waals surface area (Å²) < 4.78 is 6.42. The maximum Gasteiger partial charge on any atom is 0.123 e. The van der Waals surface area contributed by atoms with Crippen molar-refractivity contribution in [3.05, 3.63) is 66.2 Å². The van der Waals surface area contributed by atoms with E-state index in [9.17, 15) is 0 Å². The van der Waals surface area contributed by atoms with Gasteiger partial charge in [-0.2, -0.15) is 0 Å². The summed E-state index contributed by atoms with van der Waals surface area (Å²) in [5, 5.41) is 0. The fraction of sp³-hybridized carbons (Fsp3) is 0.696. The zero-order chi connectivity index (χ0) is 38.0. The van der Waals surface area contributed by atoms with E-state index in [0.717, 1.165) is 54.1 Å². The lowest BCUT2D eigenvalue weighted by Crippen LogP contribution is -2.51. The van der Waals surface area contributed by atoms with Gasteiger partial charge in [-0.15, -0.1) is 0 Å². The summed E-state index contributed by atoms with van der Waals surface area (Å²) in [6.45, 7) is 17.1. The smallest absolute Gasteiger partial charge is 0.123 e. The third-order valence-corrected chi connectivity index (χ3v) is 12.9. The highest BCUT2D eigenvalue weighted by molar-refractivity contribution is 5.56. The first kappa shape index (κ1) is 44.7. The third-order valence-electron chi connectivity index (χ3n) is 12.9. The Labute approximate surface area is 315 Å². The zero-order valence-electron chi connectivity index (χ0n) is 34.4. The van der Waals surface area contributed by atoms with Gasteiger partial charge in [0.15, 0.2) is 0 Å². The normalized spacial score (nSPS) is 29.3. The standard InChI is InChI=1S/C33H52N2O.C6H6.C5H12.2CH5N/c1-21(2)7-6-8-22(3)29-11-12-30-28-10-9-23-17-26(36-27-19-24(34)18-25(35)20-27)13-15-32(23,4)31(28)14-16-33(29,30)5;1-2-4-6-5-3-1;1-3-5-4-2;2*1-2/h9,18-22,26,28-31H,6-8,10-17,34-35H2,1-5H3;1-6H;3-5H2,1-2H3;2*2H2,1H3. The number of hydrogen-bond donors (Lipinski definition) is 4. The monoisotopic (exact) mass is 705 g/mol. The predicted octanol–water partition coefficient (Wildman–Crippen LogP) is 11.7. The van der Waals surface area contributed by atoms with Gasteiger partial charge in [0.05, 0.1) is 0 Å². The number of ether oxygens (including phenoxy) is 1. The number of nitrogens with two attached hydrogens (primary N) is 4. The van der Waals surface area contributed by atoms with Crippen LogP contribution in [0.2, 0.25) is 0 Å². The van der Waals surface area contributed by atoms with Crippen LogP contribution in [0.5, 0.6) is 5.75 Å². The molecule has 2 aromatic rings. The molecule has 3 saturated carbocycles. The summed E-state index contributed by atoms with van der Waals surface area (Å²) in [6.07, 6.45) is 21.8. The quantitative estimate of drug-likeness (QED) is 0.153. The van der Waals surface area contributed by atoms with Crippen LogP contribution in [0, 0.1) is 46.3 Å². The molecule has 8 unspecified atom stereocenters. The molecule has 5 nitrogen and oxygen atoms in total.